The highest BCUT2D eigenvalue weighted by molar-refractivity contribution is 5.66. The van der Waals surface area contributed by atoms with Crippen LogP contribution in [-0.2, 0) is 0 Å². The van der Waals surface area contributed by atoms with Crippen LogP contribution in [0, 0.1) is 13.8 Å². The van der Waals surface area contributed by atoms with Crippen LogP contribution in [0.1, 0.15) is 35.7 Å². The maximum absolute atomic E-state index is 5.99. The molecule has 2 aromatic rings. The Morgan fingerprint density at radius 1 is 1.16 bits per heavy atom. The molecule has 1 fully saturated rings. The van der Waals surface area contributed by atoms with E-state index >= 15 is 0 Å². The van der Waals surface area contributed by atoms with Crippen molar-refractivity contribution in [1.29, 1.82) is 0 Å². The van der Waals surface area contributed by atoms with Crippen molar-refractivity contribution in [1.82, 2.24) is 9.97 Å². The first-order chi connectivity index (χ1) is 9.15. The molecule has 0 saturated heterocycles. The molecule has 1 aromatic carbocycles. The summed E-state index contributed by atoms with van der Waals surface area (Å²) in [7, 11) is 0. The zero-order valence-corrected chi connectivity index (χ0v) is 11.3. The van der Waals surface area contributed by atoms with Crippen molar-refractivity contribution >= 4 is 17.3 Å². The quantitative estimate of drug-likeness (QED) is 0.882. The molecule has 98 valence electrons. The minimum Gasteiger partial charge on any atom is -0.383 e. The van der Waals surface area contributed by atoms with Gasteiger partial charge in [0.05, 0.1) is 0 Å². The van der Waals surface area contributed by atoms with Crippen LogP contribution in [0.5, 0.6) is 0 Å². The second kappa shape index (κ2) is 4.53. The Morgan fingerprint density at radius 3 is 2.58 bits per heavy atom. The standard InChI is InChI=1S/C15H18N4/c1-9-5-3-4-6-12(9)17-14-10(2)13(16)18-15(19-14)11-7-8-11/h3-6,11H,7-8H2,1-2H3,(H3,16,17,18,19). The minimum absolute atomic E-state index is 0.500. The maximum atomic E-state index is 5.99. The normalized spacial score (nSPS) is 14.4. The van der Waals surface area contributed by atoms with Gasteiger partial charge in [0, 0.05) is 17.2 Å². The van der Waals surface area contributed by atoms with Crippen LogP contribution in [0.15, 0.2) is 24.3 Å². The first-order valence-corrected chi connectivity index (χ1v) is 6.62. The SMILES string of the molecule is Cc1ccccc1Nc1nc(C2CC2)nc(N)c1C. The number of nitrogens with one attached hydrogen (secondary N) is 1. The van der Waals surface area contributed by atoms with Gasteiger partial charge in [-0.15, -0.1) is 0 Å². The molecule has 0 amide bonds. The van der Waals surface area contributed by atoms with E-state index in [2.05, 4.69) is 28.3 Å². The summed E-state index contributed by atoms with van der Waals surface area (Å²) in [5, 5.41) is 3.37. The van der Waals surface area contributed by atoms with Gasteiger partial charge in [-0.25, -0.2) is 9.97 Å². The van der Waals surface area contributed by atoms with Gasteiger partial charge in [-0.2, -0.15) is 0 Å². The van der Waals surface area contributed by atoms with Crippen LogP contribution < -0.4 is 11.1 Å². The van der Waals surface area contributed by atoms with Gasteiger partial charge in [0.1, 0.15) is 17.5 Å². The van der Waals surface area contributed by atoms with E-state index in [9.17, 15) is 0 Å². The Hall–Kier alpha value is -2.10. The average molecular weight is 254 g/mol. The summed E-state index contributed by atoms with van der Waals surface area (Å²) in [6, 6.07) is 8.15. The number of nitrogen functional groups attached to an aromatic ring is 1. The molecule has 1 saturated carbocycles. The van der Waals surface area contributed by atoms with Crippen LogP contribution in [-0.4, -0.2) is 9.97 Å². The summed E-state index contributed by atoms with van der Waals surface area (Å²) >= 11 is 0. The van der Waals surface area contributed by atoms with Gasteiger partial charge in [-0.05, 0) is 38.3 Å². The molecule has 3 rings (SSSR count). The molecular weight excluding hydrogens is 236 g/mol. The van der Waals surface area contributed by atoms with E-state index in [1.807, 2.05) is 25.1 Å². The molecule has 19 heavy (non-hydrogen) atoms. The third-order valence-corrected chi connectivity index (χ3v) is 3.54. The number of hydrogen-bond donors (Lipinski definition) is 2. The molecular formula is C15H18N4. The van der Waals surface area contributed by atoms with Crippen molar-refractivity contribution < 1.29 is 0 Å². The summed E-state index contributed by atoms with van der Waals surface area (Å²) in [5.41, 5.74) is 9.15. The van der Waals surface area contributed by atoms with Crippen molar-refractivity contribution in [3.8, 4) is 0 Å². The molecule has 1 heterocycles. The van der Waals surface area contributed by atoms with Crippen molar-refractivity contribution in [2.24, 2.45) is 0 Å². The second-order valence-corrected chi connectivity index (χ2v) is 5.15. The molecule has 1 aliphatic rings. The number of para-hydroxylation sites is 1. The predicted octanol–water partition coefficient (Wildman–Crippen LogP) is 3.30. The second-order valence-electron chi connectivity index (χ2n) is 5.15. The Kier molecular flexibility index (Phi) is 2.85. The van der Waals surface area contributed by atoms with Crippen molar-refractivity contribution in [2.45, 2.75) is 32.6 Å². The summed E-state index contributed by atoms with van der Waals surface area (Å²) in [6.45, 7) is 4.02. The van der Waals surface area contributed by atoms with Crippen LogP contribution >= 0.6 is 0 Å². The number of hydrogen-bond acceptors (Lipinski definition) is 4. The molecule has 0 radical (unpaired) electrons. The molecule has 0 aliphatic heterocycles. The smallest absolute Gasteiger partial charge is 0.139 e. The topological polar surface area (TPSA) is 63.8 Å². The summed E-state index contributed by atoms with van der Waals surface area (Å²) in [4.78, 5) is 9.02. The molecule has 0 bridgehead atoms. The van der Waals surface area contributed by atoms with Gasteiger partial charge in [-0.1, -0.05) is 18.2 Å². The van der Waals surface area contributed by atoms with Crippen LogP contribution in [0.2, 0.25) is 0 Å². The van der Waals surface area contributed by atoms with E-state index in [0.29, 0.717) is 11.7 Å². The molecule has 0 spiro atoms. The van der Waals surface area contributed by atoms with Crippen LogP contribution in [0.4, 0.5) is 17.3 Å². The van der Waals surface area contributed by atoms with Crippen molar-refractivity contribution in [3.63, 3.8) is 0 Å². The number of aromatic nitrogens is 2. The Labute approximate surface area is 113 Å². The monoisotopic (exact) mass is 254 g/mol. The van der Waals surface area contributed by atoms with Gasteiger partial charge >= 0.3 is 0 Å². The lowest BCUT2D eigenvalue weighted by molar-refractivity contribution is 0.927. The van der Waals surface area contributed by atoms with Gasteiger partial charge < -0.3 is 11.1 Å². The largest absolute Gasteiger partial charge is 0.383 e. The minimum atomic E-state index is 0.500. The Bertz CT molecular complexity index is 618. The van der Waals surface area contributed by atoms with Crippen molar-refractivity contribution in [3.05, 3.63) is 41.2 Å². The van der Waals surface area contributed by atoms with Gasteiger partial charge in [0.2, 0.25) is 0 Å². The molecule has 4 nitrogen and oxygen atoms in total. The molecule has 1 aliphatic carbocycles. The lowest BCUT2D eigenvalue weighted by Crippen LogP contribution is -2.07. The van der Waals surface area contributed by atoms with Gasteiger partial charge in [-0.3, -0.25) is 0 Å². The number of rotatable bonds is 3. The molecule has 0 atom stereocenters. The Balaban J connectivity index is 1.98. The molecule has 0 unspecified atom stereocenters. The highest BCUT2D eigenvalue weighted by Gasteiger charge is 2.27. The van der Waals surface area contributed by atoms with E-state index < -0.39 is 0 Å². The third kappa shape index (κ3) is 2.38. The number of nitrogens with two attached hydrogens (primary N) is 1. The van der Waals surface area contributed by atoms with E-state index in [0.717, 1.165) is 22.9 Å². The average Bonchev–Trinajstić information content (AvgIpc) is 3.21. The van der Waals surface area contributed by atoms with Gasteiger partial charge in [0.25, 0.3) is 0 Å². The Morgan fingerprint density at radius 2 is 1.89 bits per heavy atom. The zero-order chi connectivity index (χ0) is 13.4. The highest BCUT2D eigenvalue weighted by Crippen LogP contribution is 2.39. The van der Waals surface area contributed by atoms with Crippen molar-refractivity contribution in [2.75, 3.05) is 11.1 Å². The zero-order valence-electron chi connectivity index (χ0n) is 11.3. The fourth-order valence-corrected chi connectivity index (χ4v) is 2.04. The number of nitrogens with zero attached hydrogens (tertiary/aromatic N) is 2. The predicted molar refractivity (Wildman–Crippen MR) is 77.6 cm³/mol. The van der Waals surface area contributed by atoms with Gasteiger partial charge in [0.15, 0.2) is 0 Å². The van der Waals surface area contributed by atoms with Crippen LogP contribution in [0.3, 0.4) is 0 Å². The van der Waals surface area contributed by atoms with E-state index in [1.165, 1.54) is 18.4 Å². The number of aryl methyl sites for hydroxylation is 1. The first kappa shape index (κ1) is 12.0. The lowest BCUT2D eigenvalue weighted by atomic mass is 10.2. The molecule has 1 aromatic heterocycles. The van der Waals surface area contributed by atoms with E-state index in [4.69, 9.17) is 5.73 Å². The molecule has 4 heteroatoms. The molecule has 3 N–H and O–H groups in total. The summed E-state index contributed by atoms with van der Waals surface area (Å²) in [6.07, 6.45) is 2.35. The van der Waals surface area contributed by atoms with E-state index in [-0.39, 0.29) is 0 Å². The number of benzene rings is 1. The van der Waals surface area contributed by atoms with Crippen LogP contribution in [0.25, 0.3) is 0 Å². The first-order valence-electron chi connectivity index (χ1n) is 6.62. The lowest BCUT2D eigenvalue weighted by Gasteiger charge is -2.13. The third-order valence-electron chi connectivity index (χ3n) is 3.54. The maximum Gasteiger partial charge on any atom is 0.139 e. The summed E-state index contributed by atoms with van der Waals surface area (Å²) < 4.78 is 0. The number of anilines is 3. The highest BCUT2D eigenvalue weighted by atomic mass is 15.1. The fourth-order valence-electron chi connectivity index (χ4n) is 2.04. The summed E-state index contributed by atoms with van der Waals surface area (Å²) in [5.74, 6) is 2.77. The fraction of sp³-hybridized carbons (Fsp3) is 0.333. The van der Waals surface area contributed by atoms with E-state index in [1.54, 1.807) is 0 Å².